The van der Waals surface area contributed by atoms with Crippen molar-refractivity contribution in [2.24, 2.45) is 11.8 Å². The zero-order valence-electron chi connectivity index (χ0n) is 15.2. The maximum Gasteiger partial charge on any atom is 0.196 e. The average molecular weight is 359 g/mol. The summed E-state index contributed by atoms with van der Waals surface area (Å²) in [6.07, 6.45) is 10.0. The van der Waals surface area contributed by atoms with E-state index in [9.17, 15) is 8.78 Å². The minimum Gasteiger partial charge on any atom is -0.378 e. The smallest absolute Gasteiger partial charge is 0.196 e. The summed E-state index contributed by atoms with van der Waals surface area (Å²) in [6, 6.07) is 8.49. The molecule has 2 nitrogen and oxygen atoms in total. The molecule has 0 heterocycles. The lowest BCUT2D eigenvalue weighted by Gasteiger charge is -2.32. The fourth-order valence-corrected chi connectivity index (χ4v) is 4.34. The fourth-order valence-electron chi connectivity index (χ4n) is 4.34. The Balaban J connectivity index is 1.36. The third-order valence-corrected chi connectivity index (χ3v) is 5.96. The van der Waals surface area contributed by atoms with Crippen molar-refractivity contribution in [3.63, 3.8) is 0 Å². The largest absolute Gasteiger partial charge is 0.378 e. The molecule has 0 spiro atoms. The lowest BCUT2D eigenvalue weighted by Crippen LogP contribution is -2.25. The Morgan fingerprint density at radius 1 is 1.04 bits per heavy atom. The molecule has 26 heavy (non-hydrogen) atoms. The summed E-state index contributed by atoms with van der Waals surface area (Å²) in [5, 5.41) is 8.51. The van der Waals surface area contributed by atoms with Crippen molar-refractivity contribution in [3.05, 3.63) is 47.5 Å². The van der Waals surface area contributed by atoms with E-state index in [1.165, 1.54) is 11.6 Å². The molecule has 0 saturated heterocycles. The molecule has 0 aliphatic heterocycles. The number of halogens is 2. The molecule has 0 unspecified atom stereocenters. The molecule has 0 N–H and O–H groups in total. The second-order valence-electron chi connectivity index (χ2n) is 7.77. The standard InChI is InChI=1S/C22H27F2NO/c23-20-9-7-19(8-10-20)18-5-1-17(2-6-18)15-26-22-11-3-16(4-12-22)13-21(24)14-25/h7-10,13,16-18,22H,1-6,11-12,15H2/b21-13-/t16-,17-,18-,22-. The molecular weight excluding hydrogens is 332 g/mol. The van der Waals surface area contributed by atoms with Crippen LogP contribution in [-0.2, 0) is 4.74 Å². The molecule has 2 saturated carbocycles. The van der Waals surface area contributed by atoms with Crippen LogP contribution in [-0.4, -0.2) is 12.7 Å². The molecule has 0 atom stereocenters. The van der Waals surface area contributed by atoms with Crippen molar-refractivity contribution in [2.75, 3.05) is 6.61 Å². The Morgan fingerprint density at radius 3 is 2.31 bits per heavy atom. The third-order valence-electron chi connectivity index (χ3n) is 5.96. The van der Waals surface area contributed by atoms with Gasteiger partial charge in [-0.25, -0.2) is 4.39 Å². The van der Waals surface area contributed by atoms with Crippen molar-refractivity contribution in [1.82, 2.24) is 0 Å². The SMILES string of the molecule is N#C/C(F)=C/[C@H]1CC[C@H](OC[C@H]2CC[C@H](c3ccc(F)cc3)CC2)CC1. The Bertz CT molecular complexity index is 633. The molecule has 2 aliphatic rings. The summed E-state index contributed by atoms with van der Waals surface area (Å²) in [7, 11) is 0. The molecule has 2 aliphatic carbocycles. The number of ether oxygens (including phenoxy) is 1. The zero-order valence-corrected chi connectivity index (χ0v) is 15.2. The topological polar surface area (TPSA) is 33.0 Å². The highest BCUT2D eigenvalue weighted by molar-refractivity contribution is 5.20. The number of hydrogen-bond donors (Lipinski definition) is 0. The van der Waals surface area contributed by atoms with Gasteiger partial charge >= 0.3 is 0 Å². The molecule has 1 aromatic carbocycles. The highest BCUT2D eigenvalue weighted by Crippen LogP contribution is 2.36. The summed E-state index contributed by atoms with van der Waals surface area (Å²) in [6.45, 7) is 0.813. The van der Waals surface area contributed by atoms with Crippen molar-refractivity contribution < 1.29 is 13.5 Å². The van der Waals surface area contributed by atoms with Gasteiger partial charge in [-0.15, -0.1) is 0 Å². The average Bonchev–Trinajstić information content (AvgIpc) is 2.68. The van der Waals surface area contributed by atoms with E-state index >= 15 is 0 Å². The van der Waals surface area contributed by atoms with Crippen LogP contribution in [0, 0.1) is 29.0 Å². The van der Waals surface area contributed by atoms with Gasteiger partial charge in [0, 0.05) is 6.61 Å². The van der Waals surface area contributed by atoms with Crippen LogP contribution in [0.25, 0.3) is 0 Å². The van der Waals surface area contributed by atoms with Crippen LogP contribution in [0.3, 0.4) is 0 Å². The molecule has 1 aromatic rings. The molecule has 0 radical (unpaired) electrons. The van der Waals surface area contributed by atoms with Crippen molar-refractivity contribution in [3.8, 4) is 6.07 Å². The van der Waals surface area contributed by atoms with Gasteiger partial charge in [0.15, 0.2) is 5.83 Å². The van der Waals surface area contributed by atoms with E-state index in [-0.39, 0.29) is 17.8 Å². The summed E-state index contributed by atoms with van der Waals surface area (Å²) in [5.41, 5.74) is 1.25. The fraction of sp³-hybridized carbons (Fsp3) is 0.591. The first-order chi connectivity index (χ1) is 12.6. The molecule has 0 amide bonds. The highest BCUT2D eigenvalue weighted by Gasteiger charge is 2.25. The first kappa shape index (κ1) is 19.0. The Hall–Kier alpha value is -1.73. The molecule has 0 bridgehead atoms. The second kappa shape index (κ2) is 9.28. The number of rotatable bonds is 5. The predicted molar refractivity (Wildman–Crippen MR) is 97.6 cm³/mol. The van der Waals surface area contributed by atoms with Gasteiger partial charge in [-0.05, 0) is 92.9 Å². The van der Waals surface area contributed by atoms with Crippen molar-refractivity contribution in [2.45, 2.75) is 63.4 Å². The lowest BCUT2D eigenvalue weighted by atomic mass is 9.79. The van der Waals surface area contributed by atoms with Crippen LogP contribution < -0.4 is 0 Å². The van der Waals surface area contributed by atoms with Gasteiger partial charge in [0.25, 0.3) is 0 Å². The summed E-state index contributed by atoms with van der Waals surface area (Å²) in [4.78, 5) is 0. The first-order valence-corrected chi connectivity index (χ1v) is 9.78. The van der Waals surface area contributed by atoms with Gasteiger partial charge in [0.05, 0.1) is 6.10 Å². The maximum atomic E-state index is 13.0. The molecule has 2 fully saturated rings. The van der Waals surface area contributed by atoms with E-state index in [4.69, 9.17) is 10.00 Å². The monoisotopic (exact) mass is 359 g/mol. The number of nitriles is 1. The predicted octanol–water partition coefficient (Wildman–Crippen LogP) is 6.05. The van der Waals surface area contributed by atoms with Crippen LogP contribution >= 0.6 is 0 Å². The highest BCUT2D eigenvalue weighted by atomic mass is 19.1. The van der Waals surface area contributed by atoms with Gasteiger partial charge in [0.1, 0.15) is 11.9 Å². The van der Waals surface area contributed by atoms with Crippen LogP contribution in [0.15, 0.2) is 36.2 Å². The van der Waals surface area contributed by atoms with E-state index in [2.05, 4.69) is 0 Å². The van der Waals surface area contributed by atoms with Gasteiger partial charge < -0.3 is 4.74 Å². The zero-order chi connectivity index (χ0) is 18.4. The molecule has 4 heteroatoms. The van der Waals surface area contributed by atoms with Crippen LogP contribution in [0.1, 0.15) is 62.8 Å². The second-order valence-corrected chi connectivity index (χ2v) is 7.77. The maximum absolute atomic E-state index is 13.0. The van der Waals surface area contributed by atoms with E-state index in [1.807, 2.05) is 12.1 Å². The molecule has 140 valence electrons. The summed E-state index contributed by atoms with van der Waals surface area (Å²) < 4.78 is 32.2. The van der Waals surface area contributed by atoms with E-state index in [0.717, 1.165) is 58.0 Å². The molecule has 3 rings (SSSR count). The summed E-state index contributed by atoms with van der Waals surface area (Å²) in [5.74, 6) is 0.508. The Labute approximate surface area is 154 Å². The van der Waals surface area contributed by atoms with E-state index in [0.29, 0.717) is 11.8 Å². The van der Waals surface area contributed by atoms with Crippen LogP contribution in [0.5, 0.6) is 0 Å². The number of benzene rings is 1. The van der Waals surface area contributed by atoms with Crippen molar-refractivity contribution in [1.29, 1.82) is 5.26 Å². The van der Waals surface area contributed by atoms with Crippen LogP contribution in [0.2, 0.25) is 0 Å². The minimum atomic E-state index is -0.660. The normalized spacial score (nSPS) is 30.0. The molecular formula is C22H27F2NO. The lowest BCUT2D eigenvalue weighted by molar-refractivity contribution is -0.00465. The van der Waals surface area contributed by atoms with Gasteiger partial charge in [0.2, 0.25) is 0 Å². The van der Waals surface area contributed by atoms with E-state index in [1.54, 1.807) is 18.2 Å². The number of hydrogen-bond acceptors (Lipinski definition) is 2. The van der Waals surface area contributed by atoms with Crippen molar-refractivity contribution >= 4 is 0 Å². The first-order valence-electron chi connectivity index (χ1n) is 9.78. The summed E-state index contributed by atoms with van der Waals surface area (Å²) >= 11 is 0. The van der Waals surface area contributed by atoms with E-state index < -0.39 is 5.83 Å². The van der Waals surface area contributed by atoms with Gasteiger partial charge in [-0.1, -0.05) is 12.1 Å². The number of nitrogens with zero attached hydrogens (tertiary/aromatic N) is 1. The molecule has 0 aromatic heterocycles. The quantitative estimate of drug-likeness (QED) is 0.599. The third kappa shape index (κ3) is 5.38. The Morgan fingerprint density at radius 2 is 1.69 bits per heavy atom. The Kier molecular flexibility index (Phi) is 6.80. The number of allylic oxidation sites excluding steroid dienone is 2. The van der Waals surface area contributed by atoms with Gasteiger partial charge in [-0.3, -0.25) is 0 Å². The minimum absolute atomic E-state index is 0.170. The van der Waals surface area contributed by atoms with Gasteiger partial charge in [-0.2, -0.15) is 9.65 Å². The van der Waals surface area contributed by atoms with Crippen LogP contribution in [0.4, 0.5) is 8.78 Å².